The van der Waals surface area contributed by atoms with Gasteiger partial charge in [-0.3, -0.25) is 4.79 Å². The molecule has 0 aromatic heterocycles. The van der Waals surface area contributed by atoms with Crippen LogP contribution < -0.4 is 5.32 Å². The zero-order chi connectivity index (χ0) is 14.0. The van der Waals surface area contributed by atoms with E-state index in [1.807, 2.05) is 38.1 Å². The van der Waals surface area contributed by atoms with E-state index in [1.165, 1.54) is 0 Å². The Labute approximate surface area is 114 Å². The molecule has 0 bridgehead atoms. The van der Waals surface area contributed by atoms with Crippen molar-refractivity contribution in [2.75, 3.05) is 11.5 Å². The van der Waals surface area contributed by atoms with Crippen LogP contribution in [-0.2, 0) is 14.6 Å². The highest BCUT2D eigenvalue weighted by molar-refractivity contribution is 7.91. The van der Waals surface area contributed by atoms with Crippen LogP contribution in [0.5, 0.6) is 0 Å². The van der Waals surface area contributed by atoms with Crippen molar-refractivity contribution in [2.45, 2.75) is 26.3 Å². The Balaban J connectivity index is 2.02. The number of carbonyl (C=O) groups excluding carboxylic acids is 1. The molecule has 0 saturated carbocycles. The van der Waals surface area contributed by atoms with Crippen LogP contribution in [0, 0.1) is 12.8 Å². The fourth-order valence-electron chi connectivity index (χ4n) is 2.48. The minimum absolute atomic E-state index is 0.0146. The van der Waals surface area contributed by atoms with E-state index in [0.717, 1.165) is 11.1 Å². The second-order valence-electron chi connectivity index (χ2n) is 5.19. The van der Waals surface area contributed by atoms with E-state index in [1.54, 1.807) is 0 Å². The lowest BCUT2D eigenvalue weighted by Crippen LogP contribution is -2.33. The van der Waals surface area contributed by atoms with Crippen molar-refractivity contribution >= 4 is 15.7 Å². The minimum Gasteiger partial charge on any atom is -0.349 e. The minimum atomic E-state index is -3.01. The number of amides is 1. The van der Waals surface area contributed by atoms with E-state index in [-0.39, 0.29) is 23.5 Å². The van der Waals surface area contributed by atoms with Crippen molar-refractivity contribution < 1.29 is 13.2 Å². The van der Waals surface area contributed by atoms with Crippen LogP contribution in [0.1, 0.15) is 30.5 Å². The molecule has 5 heteroatoms. The van der Waals surface area contributed by atoms with Gasteiger partial charge in [-0.1, -0.05) is 24.3 Å². The smallest absolute Gasteiger partial charge is 0.224 e. The van der Waals surface area contributed by atoms with Gasteiger partial charge in [0.05, 0.1) is 23.5 Å². The summed E-state index contributed by atoms with van der Waals surface area (Å²) < 4.78 is 22.8. The third-order valence-corrected chi connectivity index (χ3v) is 5.38. The molecule has 4 nitrogen and oxygen atoms in total. The molecule has 1 heterocycles. The van der Waals surface area contributed by atoms with Crippen LogP contribution in [0.3, 0.4) is 0 Å². The Morgan fingerprint density at radius 3 is 2.63 bits per heavy atom. The fraction of sp³-hybridized carbons (Fsp3) is 0.500. The van der Waals surface area contributed by atoms with Crippen molar-refractivity contribution in [3.8, 4) is 0 Å². The maximum Gasteiger partial charge on any atom is 0.224 e. The van der Waals surface area contributed by atoms with Crippen molar-refractivity contribution in [2.24, 2.45) is 5.92 Å². The molecule has 1 aliphatic rings. The van der Waals surface area contributed by atoms with Gasteiger partial charge in [0.15, 0.2) is 9.84 Å². The standard InChI is InChI=1S/C14H19NO3S/c1-10-5-3-4-6-13(10)11(2)15-14(16)12-7-8-19(17,18)9-12/h3-6,11-12H,7-9H2,1-2H3,(H,15,16)/t11-,12+/m1/s1. The molecule has 1 aromatic carbocycles. The first-order valence-electron chi connectivity index (χ1n) is 6.45. The van der Waals surface area contributed by atoms with Crippen molar-refractivity contribution in [1.29, 1.82) is 0 Å². The summed E-state index contributed by atoms with van der Waals surface area (Å²) in [6.07, 6.45) is 0.439. The largest absolute Gasteiger partial charge is 0.349 e. The van der Waals surface area contributed by atoms with Gasteiger partial charge in [0.1, 0.15) is 0 Å². The first-order chi connectivity index (χ1) is 8.89. The molecule has 2 atom stereocenters. The van der Waals surface area contributed by atoms with Crippen molar-refractivity contribution in [3.05, 3.63) is 35.4 Å². The summed E-state index contributed by atoms with van der Waals surface area (Å²) in [5.41, 5.74) is 2.19. The van der Waals surface area contributed by atoms with Gasteiger partial charge in [-0.2, -0.15) is 0 Å². The summed E-state index contributed by atoms with van der Waals surface area (Å²) >= 11 is 0. The van der Waals surface area contributed by atoms with E-state index >= 15 is 0 Å². The monoisotopic (exact) mass is 281 g/mol. The van der Waals surface area contributed by atoms with E-state index in [9.17, 15) is 13.2 Å². The van der Waals surface area contributed by atoms with Crippen molar-refractivity contribution in [3.63, 3.8) is 0 Å². The molecular formula is C14H19NO3S. The number of hydrogen-bond donors (Lipinski definition) is 1. The molecule has 1 aromatic rings. The average molecular weight is 281 g/mol. The highest BCUT2D eigenvalue weighted by Gasteiger charge is 2.33. The number of rotatable bonds is 3. The Morgan fingerprint density at radius 1 is 1.37 bits per heavy atom. The highest BCUT2D eigenvalue weighted by atomic mass is 32.2. The summed E-state index contributed by atoms with van der Waals surface area (Å²) in [5.74, 6) is -0.434. The lowest BCUT2D eigenvalue weighted by molar-refractivity contribution is -0.124. The van der Waals surface area contributed by atoms with Crippen LogP contribution in [0.15, 0.2) is 24.3 Å². The number of benzene rings is 1. The topological polar surface area (TPSA) is 63.2 Å². The molecule has 0 radical (unpaired) electrons. The van der Waals surface area contributed by atoms with Gasteiger partial charge in [-0.05, 0) is 31.4 Å². The van der Waals surface area contributed by atoms with E-state index in [4.69, 9.17) is 0 Å². The molecule has 104 valence electrons. The Kier molecular flexibility index (Phi) is 3.94. The van der Waals surface area contributed by atoms with E-state index in [0.29, 0.717) is 6.42 Å². The lowest BCUT2D eigenvalue weighted by atomic mass is 10.0. The summed E-state index contributed by atoms with van der Waals surface area (Å²) in [7, 11) is -3.01. The molecule has 2 rings (SSSR count). The van der Waals surface area contributed by atoms with Gasteiger partial charge < -0.3 is 5.32 Å². The molecule has 0 spiro atoms. The molecular weight excluding hydrogens is 262 g/mol. The zero-order valence-electron chi connectivity index (χ0n) is 11.2. The Bertz CT molecular complexity index is 580. The molecule has 0 aliphatic carbocycles. The first-order valence-corrected chi connectivity index (χ1v) is 8.27. The SMILES string of the molecule is Cc1ccccc1[C@@H](C)NC(=O)[C@H]1CCS(=O)(=O)C1. The quantitative estimate of drug-likeness (QED) is 0.915. The van der Waals surface area contributed by atoms with Crippen molar-refractivity contribution in [1.82, 2.24) is 5.32 Å². The third-order valence-electron chi connectivity index (χ3n) is 3.62. The van der Waals surface area contributed by atoms with E-state index in [2.05, 4.69) is 5.32 Å². The summed E-state index contributed by atoms with van der Waals surface area (Å²) in [6, 6.07) is 7.77. The van der Waals surface area contributed by atoms with E-state index < -0.39 is 15.8 Å². The number of nitrogens with one attached hydrogen (secondary N) is 1. The number of sulfone groups is 1. The van der Waals surface area contributed by atoms with Gasteiger partial charge >= 0.3 is 0 Å². The number of hydrogen-bond acceptors (Lipinski definition) is 3. The number of carbonyl (C=O) groups is 1. The maximum atomic E-state index is 12.1. The lowest BCUT2D eigenvalue weighted by Gasteiger charge is -2.18. The van der Waals surface area contributed by atoms with Crippen LogP contribution in [0.4, 0.5) is 0 Å². The molecule has 0 unspecified atom stereocenters. The van der Waals surface area contributed by atoms with Crippen LogP contribution >= 0.6 is 0 Å². The molecule has 1 N–H and O–H groups in total. The normalized spacial score (nSPS) is 22.9. The summed E-state index contributed by atoms with van der Waals surface area (Å²) in [6.45, 7) is 3.92. The van der Waals surface area contributed by atoms with Gasteiger partial charge in [-0.25, -0.2) is 8.42 Å². The molecule has 1 aliphatic heterocycles. The second kappa shape index (κ2) is 5.33. The molecule has 19 heavy (non-hydrogen) atoms. The van der Waals surface area contributed by atoms with Gasteiger partial charge in [-0.15, -0.1) is 0 Å². The second-order valence-corrected chi connectivity index (χ2v) is 7.42. The zero-order valence-corrected chi connectivity index (χ0v) is 12.0. The Hall–Kier alpha value is -1.36. The molecule has 1 fully saturated rings. The third kappa shape index (κ3) is 3.35. The van der Waals surface area contributed by atoms with Gasteiger partial charge in [0, 0.05) is 0 Å². The summed E-state index contributed by atoms with van der Waals surface area (Å²) in [4.78, 5) is 12.1. The maximum absolute atomic E-state index is 12.1. The van der Waals surface area contributed by atoms with Crippen LogP contribution in [0.25, 0.3) is 0 Å². The first kappa shape index (κ1) is 14.1. The highest BCUT2D eigenvalue weighted by Crippen LogP contribution is 2.21. The predicted molar refractivity (Wildman–Crippen MR) is 74.5 cm³/mol. The fourth-order valence-corrected chi connectivity index (χ4v) is 4.22. The number of aryl methyl sites for hydroxylation is 1. The predicted octanol–water partition coefficient (Wildman–Crippen LogP) is 1.61. The van der Waals surface area contributed by atoms with Crippen LogP contribution in [-0.4, -0.2) is 25.8 Å². The van der Waals surface area contributed by atoms with Gasteiger partial charge in [0.25, 0.3) is 0 Å². The molecule has 1 amide bonds. The Morgan fingerprint density at radius 2 is 2.05 bits per heavy atom. The average Bonchev–Trinajstić information content (AvgIpc) is 2.70. The van der Waals surface area contributed by atoms with Crippen LogP contribution in [0.2, 0.25) is 0 Å². The van der Waals surface area contributed by atoms with Gasteiger partial charge in [0.2, 0.25) is 5.91 Å². The molecule has 1 saturated heterocycles. The summed E-state index contributed by atoms with van der Waals surface area (Å²) in [5, 5.41) is 2.91.